The van der Waals surface area contributed by atoms with E-state index in [1.165, 1.54) is 0 Å². The fraction of sp³-hybridized carbons (Fsp3) is 0.167. The molecule has 0 unspecified atom stereocenters. The van der Waals surface area contributed by atoms with Crippen LogP contribution < -0.4 is 34.7 Å². The first-order chi connectivity index (χ1) is 5.97. The second kappa shape index (κ2) is 7.51. The molecular weight excluding hydrogens is 207 g/mol. The summed E-state index contributed by atoms with van der Waals surface area (Å²) in [7, 11) is 0. The summed E-state index contributed by atoms with van der Waals surface area (Å²) >= 11 is 0. The third kappa shape index (κ3) is 6.61. The molecular formula is C6H5NaO7. The molecule has 0 fully saturated rings. The molecule has 0 amide bonds. The van der Waals surface area contributed by atoms with Gasteiger partial charge in [-0.3, -0.25) is 4.89 Å². The molecule has 8 heteroatoms. The third-order valence-electron chi connectivity index (χ3n) is 0.978. The molecule has 72 valence electrons. The minimum Gasteiger partial charge on any atom is -0.550 e. The van der Waals surface area contributed by atoms with E-state index in [4.69, 9.17) is 10.4 Å². The van der Waals surface area contributed by atoms with Gasteiger partial charge in [0.25, 0.3) is 0 Å². The fourth-order valence-corrected chi connectivity index (χ4v) is 0.545. The van der Waals surface area contributed by atoms with Crippen LogP contribution in [0.2, 0.25) is 0 Å². The number of carboxylic acid groups (broad SMARTS) is 2. The van der Waals surface area contributed by atoms with Crippen molar-refractivity contribution in [2.45, 2.75) is 6.42 Å². The summed E-state index contributed by atoms with van der Waals surface area (Å²) in [4.78, 5) is 33.7. The van der Waals surface area contributed by atoms with Crippen molar-refractivity contribution < 1.29 is 64.3 Å². The summed E-state index contributed by atoms with van der Waals surface area (Å²) in [6.07, 6.45) is -0.625. The standard InChI is InChI=1S/C6H6O7.Na/c7-4(8)1-3(2-5(9)10)6(11)13-12;/h1,12H,2H2,(H,7,8)(H,9,10);/q;+1/p-1/b3-1+;. The maximum Gasteiger partial charge on any atom is 1.00 e. The quantitative estimate of drug-likeness (QED) is 0.207. The van der Waals surface area contributed by atoms with E-state index in [1.807, 2.05) is 0 Å². The minimum absolute atomic E-state index is 0. The third-order valence-corrected chi connectivity index (χ3v) is 0.978. The maximum absolute atomic E-state index is 10.5. The minimum atomic E-state index is -1.65. The Kier molecular flexibility index (Phi) is 8.35. The Balaban J connectivity index is 0. The van der Waals surface area contributed by atoms with Gasteiger partial charge < -0.3 is 15.0 Å². The molecule has 0 saturated carbocycles. The second-order valence-electron chi connectivity index (χ2n) is 1.94. The number of carbonyl (C=O) groups excluding carboxylic acids is 2. The molecule has 0 aliphatic carbocycles. The van der Waals surface area contributed by atoms with Crippen LogP contribution in [0, 0.1) is 0 Å². The molecule has 0 atom stereocenters. The summed E-state index contributed by atoms with van der Waals surface area (Å²) in [5.41, 5.74) is -0.713. The van der Waals surface area contributed by atoms with Crippen molar-refractivity contribution in [2.24, 2.45) is 0 Å². The van der Waals surface area contributed by atoms with Crippen molar-refractivity contribution >= 4 is 17.9 Å². The van der Waals surface area contributed by atoms with E-state index in [9.17, 15) is 19.5 Å². The van der Waals surface area contributed by atoms with E-state index in [1.54, 1.807) is 0 Å². The molecule has 0 aromatic rings. The van der Waals surface area contributed by atoms with Crippen molar-refractivity contribution in [3.63, 3.8) is 0 Å². The molecule has 7 nitrogen and oxygen atoms in total. The van der Waals surface area contributed by atoms with E-state index < -0.39 is 29.9 Å². The predicted molar refractivity (Wildman–Crippen MR) is 34.1 cm³/mol. The Morgan fingerprint density at radius 3 is 2.14 bits per heavy atom. The molecule has 0 radical (unpaired) electrons. The molecule has 0 aromatic heterocycles. The molecule has 0 aliphatic heterocycles. The average molecular weight is 212 g/mol. The number of hydrogen-bond donors (Lipinski definition) is 2. The van der Waals surface area contributed by atoms with Gasteiger partial charge >= 0.3 is 41.5 Å². The normalized spacial score (nSPS) is 9.93. The van der Waals surface area contributed by atoms with E-state index in [0.717, 1.165) is 0 Å². The van der Waals surface area contributed by atoms with Gasteiger partial charge in [-0.25, -0.2) is 9.59 Å². The SMILES string of the molecule is O=C(O)/C=C(\CC(=O)[O-])C(=O)OO.[Na+]. The Morgan fingerprint density at radius 1 is 1.36 bits per heavy atom. The Labute approximate surface area is 100 Å². The van der Waals surface area contributed by atoms with Crippen molar-refractivity contribution in [1.29, 1.82) is 0 Å². The average Bonchev–Trinajstić information content (AvgIpc) is 2.00. The van der Waals surface area contributed by atoms with Gasteiger partial charge in [0.2, 0.25) is 0 Å². The van der Waals surface area contributed by atoms with Crippen LogP contribution in [0.5, 0.6) is 0 Å². The van der Waals surface area contributed by atoms with Gasteiger partial charge in [0.1, 0.15) is 0 Å². The van der Waals surface area contributed by atoms with Crippen molar-refractivity contribution in [3.8, 4) is 0 Å². The number of rotatable bonds is 4. The molecule has 0 aromatic carbocycles. The Hall–Kier alpha value is -0.890. The largest absolute Gasteiger partial charge is 1.00 e. The van der Waals surface area contributed by atoms with Crippen LogP contribution in [0.15, 0.2) is 11.6 Å². The van der Waals surface area contributed by atoms with Gasteiger partial charge in [0, 0.05) is 18.5 Å². The van der Waals surface area contributed by atoms with Gasteiger partial charge in [-0.05, 0) is 0 Å². The van der Waals surface area contributed by atoms with Crippen LogP contribution in [0.25, 0.3) is 0 Å². The van der Waals surface area contributed by atoms with E-state index in [2.05, 4.69) is 4.89 Å². The van der Waals surface area contributed by atoms with Gasteiger partial charge in [0.15, 0.2) is 0 Å². The van der Waals surface area contributed by atoms with Crippen LogP contribution in [0.1, 0.15) is 6.42 Å². The van der Waals surface area contributed by atoms with Gasteiger partial charge in [-0.1, -0.05) is 0 Å². The summed E-state index contributed by atoms with van der Waals surface area (Å²) < 4.78 is 0. The van der Waals surface area contributed by atoms with Crippen LogP contribution in [-0.4, -0.2) is 28.3 Å². The zero-order valence-electron chi connectivity index (χ0n) is 7.22. The number of carbonyl (C=O) groups is 3. The molecule has 0 heterocycles. The first kappa shape index (κ1) is 15.6. The molecule has 0 saturated heterocycles. The zero-order valence-corrected chi connectivity index (χ0v) is 9.22. The number of carboxylic acids is 2. The van der Waals surface area contributed by atoms with Gasteiger partial charge in [0.05, 0.1) is 5.57 Å². The first-order valence-corrected chi connectivity index (χ1v) is 2.96. The Morgan fingerprint density at radius 2 is 1.86 bits per heavy atom. The topological polar surface area (TPSA) is 124 Å². The fourth-order valence-electron chi connectivity index (χ4n) is 0.545. The maximum atomic E-state index is 10.5. The van der Waals surface area contributed by atoms with Gasteiger partial charge in [-0.2, -0.15) is 5.26 Å². The molecule has 0 spiro atoms. The summed E-state index contributed by atoms with van der Waals surface area (Å²) in [6, 6.07) is 0. The summed E-state index contributed by atoms with van der Waals surface area (Å²) in [5.74, 6) is -4.62. The van der Waals surface area contributed by atoms with Crippen molar-refractivity contribution in [2.75, 3.05) is 0 Å². The van der Waals surface area contributed by atoms with Crippen LogP contribution in [0.3, 0.4) is 0 Å². The monoisotopic (exact) mass is 212 g/mol. The van der Waals surface area contributed by atoms with Crippen molar-refractivity contribution in [3.05, 3.63) is 11.6 Å². The molecule has 0 aliphatic rings. The van der Waals surface area contributed by atoms with E-state index >= 15 is 0 Å². The van der Waals surface area contributed by atoms with Crippen LogP contribution in [-0.2, 0) is 19.3 Å². The Bertz CT molecular complexity index is 269. The summed E-state index contributed by atoms with van der Waals surface area (Å²) in [6.45, 7) is 0. The molecule has 14 heavy (non-hydrogen) atoms. The first-order valence-electron chi connectivity index (χ1n) is 2.96. The molecule has 0 bridgehead atoms. The number of hydrogen-bond acceptors (Lipinski definition) is 6. The smallest absolute Gasteiger partial charge is 0.550 e. The summed E-state index contributed by atoms with van der Waals surface area (Å²) in [5, 5.41) is 26.0. The second-order valence-corrected chi connectivity index (χ2v) is 1.94. The van der Waals surface area contributed by atoms with Crippen LogP contribution in [0.4, 0.5) is 0 Å². The van der Waals surface area contributed by atoms with Crippen molar-refractivity contribution in [1.82, 2.24) is 0 Å². The van der Waals surface area contributed by atoms with E-state index in [-0.39, 0.29) is 29.6 Å². The van der Waals surface area contributed by atoms with E-state index in [0.29, 0.717) is 6.08 Å². The zero-order chi connectivity index (χ0) is 10.4. The molecule has 0 rings (SSSR count). The number of aliphatic carboxylic acids is 2. The van der Waals surface area contributed by atoms with Gasteiger partial charge in [-0.15, -0.1) is 0 Å². The van der Waals surface area contributed by atoms with Crippen LogP contribution >= 0.6 is 0 Å². The predicted octanol–water partition coefficient (Wildman–Crippen LogP) is -4.84. The molecule has 2 N–H and O–H groups in total.